The molecule has 0 N–H and O–H groups in total. The van der Waals surface area contributed by atoms with E-state index in [-0.39, 0.29) is 31.1 Å². The zero-order valence-corrected chi connectivity index (χ0v) is 54.4. The molecule has 0 fully saturated rings. The van der Waals surface area contributed by atoms with E-state index in [1.165, 1.54) is 154 Å². The van der Waals surface area contributed by atoms with E-state index in [4.69, 9.17) is 14.2 Å². The van der Waals surface area contributed by atoms with Gasteiger partial charge in [0.1, 0.15) is 13.2 Å². The number of hydrogen-bond acceptors (Lipinski definition) is 6. The Hall–Kier alpha value is -4.19. The Kier molecular flexibility index (Phi) is 66.7. The molecule has 0 aromatic rings. The van der Waals surface area contributed by atoms with Crippen LogP contribution in [0.3, 0.4) is 0 Å². The number of esters is 3. The van der Waals surface area contributed by atoms with Crippen molar-refractivity contribution in [3.63, 3.8) is 0 Å². The maximum absolute atomic E-state index is 12.9. The first-order chi connectivity index (χ1) is 41.0. The molecule has 0 radical (unpaired) electrons. The molecule has 6 heteroatoms. The van der Waals surface area contributed by atoms with Gasteiger partial charge in [0.05, 0.1) is 0 Å². The fourth-order valence-corrected chi connectivity index (χ4v) is 9.73. The van der Waals surface area contributed by atoms with E-state index in [0.29, 0.717) is 19.3 Å². The van der Waals surface area contributed by atoms with Crippen molar-refractivity contribution in [2.75, 3.05) is 13.2 Å². The minimum absolute atomic E-state index is 0.0824. The lowest BCUT2D eigenvalue weighted by molar-refractivity contribution is -0.167. The third-order valence-electron chi connectivity index (χ3n) is 15.0. The Balaban J connectivity index is 4.25. The fourth-order valence-electron chi connectivity index (χ4n) is 9.73. The summed E-state index contributed by atoms with van der Waals surface area (Å²) in [5, 5.41) is 0. The summed E-state index contributed by atoms with van der Waals surface area (Å²) in [5.41, 5.74) is 0. The van der Waals surface area contributed by atoms with Crippen LogP contribution in [0, 0.1) is 0 Å². The van der Waals surface area contributed by atoms with Crippen LogP contribution in [0.5, 0.6) is 0 Å². The van der Waals surface area contributed by atoms with E-state index in [1.807, 2.05) is 0 Å². The molecule has 0 bridgehead atoms. The monoisotopic (exact) mass is 1150 g/mol. The summed E-state index contributed by atoms with van der Waals surface area (Å²) in [6, 6.07) is 0. The van der Waals surface area contributed by atoms with Gasteiger partial charge in [0, 0.05) is 19.3 Å². The highest BCUT2D eigenvalue weighted by atomic mass is 16.6. The molecule has 1 atom stereocenters. The van der Waals surface area contributed by atoms with Gasteiger partial charge < -0.3 is 14.2 Å². The number of unbranched alkanes of at least 4 members (excludes halogenated alkanes) is 32. The Morgan fingerprint density at radius 1 is 0.253 bits per heavy atom. The van der Waals surface area contributed by atoms with Crippen molar-refractivity contribution in [2.24, 2.45) is 0 Å². The Morgan fingerprint density at radius 2 is 0.470 bits per heavy atom. The van der Waals surface area contributed by atoms with Crippen LogP contribution in [0.1, 0.15) is 329 Å². The van der Waals surface area contributed by atoms with Gasteiger partial charge in [0.25, 0.3) is 0 Å². The van der Waals surface area contributed by atoms with Crippen LogP contribution in [0.4, 0.5) is 0 Å². The van der Waals surface area contributed by atoms with Gasteiger partial charge in [-0.15, -0.1) is 0 Å². The number of ether oxygens (including phenoxy) is 3. The molecule has 0 spiro atoms. The van der Waals surface area contributed by atoms with Gasteiger partial charge >= 0.3 is 17.9 Å². The van der Waals surface area contributed by atoms with Crippen LogP contribution >= 0.6 is 0 Å². The predicted octanol–water partition coefficient (Wildman–Crippen LogP) is 24.3. The quantitative estimate of drug-likeness (QED) is 0.0261. The molecule has 0 aliphatic heterocycles. The van der Waals surface area contributed by atoms with Crippen molar-refractivity contribution in [1.29, 1.82) is 0 Å². The molecule has 0 saturated heterocycles. The van der Waals surface area contributed by atoms with Crippen LogP contribution in [-0.4, -0.2) is 37.2 Å². The summed E-state index contributed by atoms with van der Waals surface area (Å²) in [5.74, 6) is -0.889. The summed E-state index contributed by atoms with van der Waals surface area (Å²) in [6.45, 7) is 6.52. The van der Waals surface area contributed by atoms with Crippen LogP contribution < -0.4 is 0 Å². The maximum atomic E-state index is 12.9. The van der Waals surface area contributed by atoms with Crippen LogP contribution in [0.25, 0.3) is 0 Å². The molecule has 474 valence electrons. The van der Waals surface area contributed by atoms with Crippen molar-refractivity contribution in [1.82, 2.24) is 0 Å². The van der Waals surface area contributed by atoms with Gasteiger partial charge in [-0.05, 0) is 116 Å². The van der Waals surface area contributed by atoms with Crippen molar-refractivity contribution < 1.29 is 28.6 Å². The SMILES string of the molecule is CC/C=C\C/C=C\C/C=C\C/C=C\C/C=C\C/C=C\C/C=C\C/C=C\CCCCCCCCCCCCC(=O)OCC(COC(=O)CCCCCCCCCCCCCCCC)OC(=O)CCCCCCC/C=C\C/C=C\CCCCCC. The van der Waals surface area contributed by atoms with E-state index in [2.05, 4.69) is 142 Å². The smallest absolute Gasteiger partial charge is 0.306 e. The first kappa shape index (κ1) is 78.8. The van der Waals surface area contributed by atoms with Gasteiger partial charge in [0.15, 0.2) is 6.10 Å². The van der Waals surface area contributed by atoms with Crippen molar-refractivity contribution >= 4 is 17.9 Å². The molecule has 0 rings (SSSR count). The third-order valence-corrected chi connectivity index (χ3v) is 15.0. The molecule has 0 heterocycles. The van der Waals surface area contributed by atoms with Crippen molar-refractivity contribution in [3.05, 3.63) is 122 Å². The first-order valence-electron chi connectivity index (χ1n) is 35.0. The molecule has 0 aliphatic rings. The highest BCUT2D eigenvalue weighted by molar-refractivity contribution is 5.71. The largest absolute Gasteiger partial charge is 0.462 e. The number of carbonyl (C=O) groups excluding carboxylic acids is 3. The van der Waals surface area contributed by atoms with E-state index in [1.54, 1.807) is 0 Å². The number of carbonyl (C=O) groups is 3. The maximum Gasteiger partial charge on any atom is 0.306 e. The molecule has 0 amide bonds. The number of hydrogen-bond donors (Lipinski definition) is 0. The van der Waals surface area contributed by atoms with Crippen molar-refractivity contribution in [2.45, 2.75) is 335 Å². The number of allylic oxidation sites excluding steroid dienone is 20. The molecule has 1 unspecified atom stereocenters. The Bertz CT molecular complexity index is 1700. The minimum Gasteiger partial charge on any atom is -0.462 e. The van der Waals surface area contributed by atoms with E-state index in [9.17, 15) is 14.4 Å². The summed E-state index contributed by atoms with van der Waals surface area (Å²) >= 11 is 0. The molecule has 0 aliphatic carbocycles. The van der Waals surface area contributed by atoms with Gasteiger partial charge in [0.2, 0.25) is 0 Å². The second-order valence-electron chi connectivity index (χ2n) is 23.1. The lowest BCUT2D eigenvalue weighted by Gasteiger charge is -2.18. The van der Waals surface area contributed by atoms with E-state index < -0.39 is 6.10 Å². The second kappa shape index (κ2) is 70.3. The van der Waals surface area contributed by atoms with Gasteiger partial charge in [-0.3, -0.25) is 14.4 Å². The van der Waals surface area contributed by atoms with Crippen LogP contribution in [0.2, 0.25) is 0 Å². The topological polar surface area (TPSA) is 78.9 Å². The fraction of sp³-hybridized carbons (Fsp3) is 0.701. The molecule has 0 aromatic heterocycles. The zero-order valence-electron chi connectivity index (χ0n) is 54.4. The molecule has 0 saturated carbocycles. The predicted molar refractivity (Wildman–Crippen MR) is 362 cm³/mol. The molecular weight excluding hydrogens is 1020 g/mol. The van der Waals surface area contributed by atoms with E-state index >= 15 is 0 Å². The Morgan fingerprint density at radius 3 is 0.747 bits per heavy atom. The highest BCUT2D eigenvalue weighted by Crippen LogP contribution is 2.16. The van der Waals surface area contributed by atoms with Crippen LogP contribution in [-0.2, 0) is 28.6 Å². The second-order valence-corrected chi connectivity index (χ2v) is 23.1. The average molecular weight is 1150 g/mol. The summed E-state index contributed by atoms with van der Waals surface area (Å²) < 4.78 is 16.9. The lowest BCUT2D eigenvalue weighted by Crippen LogP contribution is -2.30. The van der Waals surface area contributed by atoms with Gasteiger partial charge in [-0.2, -0.15) is 0 Å². The average Bonchev–Trinajstić information content (AvgIpc) is 3.49. The molecular formula is C77H130O6. The van der Waals surface area contributed by atoms with Crippen molar-refractivity contribution in [3.8, 4) is 0 Å². The summed E-state index contributed by atoms with van der Waals surface area (Å²) in [6.07, 6.45) is 97.9. The standard InChI is InChI=1S/C77H130O6/c1-4-7-10-13-16-19-22-25-28-30-31-32-33-34-35-36-37-38-39-40-41-42-43-44-45-46-47-48-50-52-55-58-61-64-67-70-76(79)82-73-74(72-81-75(78)69-66-63-60-57-54-51-27-24-21-18-15-12-9-6-3)83-77(80)71-68-65-62-59-56-53-49-29-26-23-20-17-14-11-8-5-2/h7,10,16,19-20,23,25,28-29,31-32,34-35,37-38,40-41,43-44,49,74H,4-6,8-9,11-15,17-18,21-22,24,26-27,30,33,36,39,42,45-48,50-73H2,1-3H3/b10-7-,19-16-,23-20-,28-25-,32-31-,35-34-,38-37-,41-40-,44-43-,49-29-. The molecule has 83 heavy (non-hydrogen) atoms. The Labute approximate surface area is 513 Å². The normalized spacial score (nSPS) is 12.9. The lowest BCUT2D eigenvalue weighted by atomic mass is 10.0. The van der Waals surface area contributed by atoms with Gasteiger partial charge in [-0.25, -0.2) is 0 Å². The first-order valence-corrected chi connectivity index (χ1v) is 35.0. The summed E-state index contributed by atoms with van der Waals surface area (Å²) in [4.78, 5) is 38.4. The minimum atomic E-state index is -0.788. The number of rotatable bonds is 63. The summed E-state index contributed by atoms with van der Waals surface area (Å²) in [7, 11) is 0. The van der Waals surface area contributed by atoms with Crippen LogP contribution in [0.15, 0.2) is 122 Å². The highest BCUT2D eigenvalue weighted by Gasteiger charge is 2.19. The third kappa shape index (κ3) is 68.5. The zero-order chi connectivity index (χ0) is 59.9. The molecule has 6 nitrogen and oxygen atoms in total. The van der Waals surface area contributed by atoms with E-state index in [0.717, 1.165) is 135 Å². The van der Waals surface area contributed by atoms with Gasteiger partial charge in [-0.1, -0.05) is 316 Å². The molecule has 0 aromatic carbocycles.